The number of likely N-dealkylation sites (N-methyl/N-ethyl adjacent to an activating group) is 1. The molecule has 0 bridgehead atoms. The Morgan fingerprint density at radius 3 is 2.30 bits per heavy atom. The molecule has 0 aliphatic heterocycles. The van der Waals surface area contributed by atoms with E-state index >= 15 is 0 Å². The van der Waals surface area contributed by atoms with E-state index in [2.05, 4.69) is 5.32 Å². The summed E-state index contributed by atoms with van der Waals surface area (Å²) < 4.78 is 26.3. The standard InChI is InChI=1S/C24H32ClN3O4S/c1-17-8-9-18(2)22(15-17)28(33(5,31)32)14-6-7-23(29)27(19(3)24(30)26-4)16-20-10-12-21(25)13-11-20/h8-13,15,19H,6-7,14,16H2,1-5H3,(H,26,30)/t19-/m1/s1. The molecule has 0 saturated carbocycles. The first-order chi connectivity index (χ1) is 15.4. The minimum Gasteiger partial charge on any atom is -0.357 e. The van der Waals surface area contributed by atoms with Crippen molar-refractivity contribution in [3.63, 3.8) is 0 Å². The van der Waals surface area contributed by atoms with Crippen molar-refractivity contribution in [1.29, 1.82) is 0 Å². The molecule has 0 aliphatic carbocycles. The smallest absolute Gasteiger partial charge is 0.242 e. The molecule has 180 valence electrons. The number of sulfonamides is 1. The molecule has 9 heteroatoms. The molecule has 0 spiro atoms. The number of anilines is 1. The van der Waals surface area contributed by atoms with Crippen LogP contribution in [0.1, 0.15) is 36.5 Å². The predicted molar refractivity (Wildman–Crippen MR) is 133 cm³/mol. The second kappa shape index (κ2) is 11.5. The van der Waals surface area contributed by atoms with Gasteiger partial charge in [-0.1, -0.05) is 35.9 Å². The van der Waals surface area contributed by atoms with Gasteiger partial charge in [-0.25, -0.2) is 8.42 Å². The summed E-state index contributed by atoms with van der Waals surface area (Å²) >= 11 is 5.95. The summed E-state index contributed by atoms with van der Waals surface area (Å²) in [5, 5.41) is 3.17. The molecular formula is C24H32ClN3O4S. The molecule has 0 fully saturated rings. The molecule has 2 aromatic carbocycles. The van der Waals surface area contributed by atoms with Crippen molar-refractivity contribution in [3.8, 4) is 0 Å². The van der Waals surface area contributed by atoms with Gasteiger partial charge in [0.15, 0.2) is 0 Å². The Balaban J connectivity index is 2.17. The highest BCUT2D eigenvalue weighted by Crippen LogP contribution is 2.24. The largest absolute Gasteiger partial charge is 0.357 e. The maximum absolute atomic E-state index is 13.1. The molecular weight excluding hydrogens is 462 g/mol. The topological polar surface area (TPSA) is 86.8 Å². The second-order valence-electron chi connectivity index (χ2n) is 8.17. The van der Waals surface area contributed by atoms with Gasteiger partial charge in [0.05, 0.1) is 11.9 Å². The summed E-state index contributed by atoms with van der Waals surface area (Å²) in [5.41, 5.74) is 3.25. The third-order valence-electron chi connectivity index (χ3n) is 5.47. The van der Waals surface area contributed by atoms with Crippen molar-refractivity contribution in [3.05, 3.63) is 64.2 Å². The zero-order valence-corrected chi connectivity index (χ0v) is 21.3. The summed E-state index contributed by atoms with van der Waals surface area (Å²) in [7, 11) is -2.00. The summed E-state index contributed by atoms with van der Waals surface area (Å²) in [4.78, 5) is 26.9. The van der Waals surface area contributed by atoms with E-state index in [1.54, 1.807) is 19.1 Å². The number of hydrogen-bond donors (Lipinski definition) is 1. The maximum Gasteiger partial charge on any atom is 0.242 e. The SMILES string of the molecule is CNC(=O)[C@@H](C)N(Cc1ccc(Cl)cc1)C(=O)CCCN(c1cc(C)ccc1C)S(C)(=O)=O. The molecule has 0 radical (unpaired) electrons. The van der Waals surface area contributed by atoms with E-state index in [1.165, 1.54) is 16.3 Å². The number of nitrogens with zero attached hydrogens (tertiary/aromatic N) is 2. The Kier molecular flexibility index (Phi) is 9.31. The zero-order valence-electron chi connectivity index (χ0n) is 19.8. The molecule has 33 heavy (non-hydrogen) atoms. The van der Waals surface area contributed by atoms with E-state index in [0.29, 0.717) is 17.1 Å². The van der Waals surface area contributed by atoms with Gasteiger partial charge >= 0.3 is 0 Å². The number of aryl methyl sites for hydroxylation is 2. The fourth-order valence-electron chi connectivity index (χ4n) is 3.55. The Morgan fingerprint density at radius 1 is 1.09 bits per heavy atom. The molecule has 7 nitrogen and oxygen atoms in total. The molecule has 0 unspecified atom stereocenters. The third-order valence-corrected chi connectivity index (χ3v) is 6.90. The summed E-state index contributed by atoms with van der Waals surface area (Å²) in [6, 6.07) is 12.1. The molecule has 0 heterocycles. The minimum atomic E-state index is -3.53. The quantitative estimate of drug-likeness (QED) is 0.547. The minimum absolute atomic E-state index is 0.103. The number of carbonyl (C=O) groups excluding carboxylic acids is 2. The molecule has 1 atom stereocenters. The maximum atomic E-state index is 13.1. The average molecular weight is 494 g/mol. The van der Waals surface area contributed by atoms with Gasteiger partial charge in [-0.2, -0.15) is 0 Å². The van der Waals surface area contributed by atoms with Crippen LogP contribution in [-0.4, -0.2) is 51.0 Å². The van der Waals surface area contributed by atoms with Crippen LogP contribution in [0.2, 0.25) is 5.02 Å². The van der Waals surface area contributed by atoms with E-state index in [1.807, 2.05) is 44.2 Å². The average Bonchev–Trinajstić information content (AvgIpc) is 2.76. The molecule has 2 rings (SSSR count). The van der Waals surface area contributed by atoms with Crippen molar-refractivity contribution in [2.45, 2.75) is 46.2 Å². The Labute approximate surface area is 201 Å². The van der Waals surface area contributed by atoms with Gasteiger partial charge in [-0.05, 0) is 62.1 Å². The van der Waals surface area contributed by atoms with Gasteiger partial charge in [0, 0.05) is 31.6 Å². The monoisotopic (exact) mass is 493 g/mol. The molecule has 0 aromatic heterocycles. The van der Waals surface area contributed by atoms with E-state index in [0.717, 1.165) is 22.9 Å². The van der Waals surface area contributed by atoms with Crippen molar-refractivity contribution in [2.75, 3.05) is 24.2 Å². The second-order valence-corrected chi connectivity index (χ2v) is 10.5. The lowest BCUT2D eigenvalue weighted by molar-refractivity contribution is -0.140. The van der Waals surface area contributed by atoms with Gasteiger partial charge < -0.3 is 10.2 Å². The van der Waals surface area contributed by atoms with Crippen molar-refractivity contribution >= 4 is 39.1 Å². The highest BCUT2D eigenvalue weighted by atomic mass is 35.5. The van der Waals surface area contributed by atoms with Gasteiger partial charge in [-0.15, -0.1) is 0 Å². The predicted octanol–water partition coefficient (Wildman–Crippen LogP) is 3.67. The lowest BCUT2D eigenvalue weighted by atomic mass is 10.1. The van der Waals surface area contributed by atoms with Crippen LogP contribution in [0.4, 0.5) is 5.69 Å². The Bertz CT molecular complexity index is 1090. The number of hydrogen-bond acceptors (Lipinski definition) is 4. The van der Waals surface area contributed by atoms with Gasteiger partial charge in [0.2, 0.25) is 21.8 Å². The number of amides is 2. The fourth-order valence-corrected chi connectivity index (χ4v) is 4.69. The lowest BCUT2D eigenvalue weighted by Gasteiger charge is -2.29. The highest BCUT2D eigenvalue weighted by molar-refractivity contribution is 7.92. The van der Waals surface area contributed by atoms with Crippen LogP contribution >= 0.6 is 11.6 Å². The molecule has 0 saturated heterocycles. The first kappa shape index (κ1) is 26.7. The zero-order chi connectivity index (χ0) is 24.8. The highest BCUT2D eigenvalue weighted by Gasteiger charge is 2.26. The molecule has 0 aliphatic rings. The van der Waals surface area contributed by atoms with Crippen LogP contribution in [0, 0.1) is 13.8 Å². The van der Waals surface area contributed by atoms with Crippen molar-refractivity contribution < 1.29 is 18.0 Å². The third kappa shape index (κ3) is 7.47. The van der Waals surface area contributed by atoms with Crippen LogP contribution < -0.4 is 9.62 Å². The molecule has 2 aromatic rings. The van der Waals surface area contributed by atoms with Crippen LogP contribution in [0.3, 0.4) is 0 Å². The lowest BCUT2D eigenvalue weighted by Crippen LogP contribution is -2.46. The number of halogens is 1. The van der Waals surface area contributed by atoms with Gasteiger partial charge in [-0.3, -0.25) is 13.9 Å². The van der Waals surface area contributed by atoms with Gasteiger partial charge in [0.1, 0.15) is 6.04 Å². The summed E-state index contributed by atoms with van der Waals surface area (Å²) in [6.45, 7) is 5.85. The first-order valence-electron chi connectivity index (χ1n) is 10.7. The number of carbonyl (C=O) groups is 2. The van der Waals surface area contributed by atoms with Crippen molar-refractivity contribution in [2.24, 2.45) is 0 Å². The summed E-state index contributed by atoms with van der Waals surface area (Å²) in [6.07, 6.45) is 1.58. The Hall–Kier alpha value is -2.58. The normalized spacial score (nSPS) is 12.2. The Morgan fingerprint density at radius 2 is 1.73 bits per heavy atom. The van der Waals surface area contributed by atoms with Crippen LogP contribution in [-0.2, 0) is 26.2 Å². The van der Waals surface area contributed by atoms with E-state index in [-0.39, 0.29) is 31.3 Å². The van der Waals surface area contributed by atoms with E-state index in [9.17, 15) is 18.0 Å². The van der Waals surface area contributed by atoms with Crippen molar-refractivity contribution in [1.82, 2.24) is 10.2 Å². The number of nitrogens with one attached hydrogen (secondary N) is 1. The van der Waals surface area contributed by atoms with E-state index in [4.69, 9.17) is 11.6 Å². The number of rotatable bonds is 10. The molecule has 1 N–H and O–H groups in total. The number of benzene rings is 2. The fraction of sp³-hybridized carbons (Fsp3) is 0.417. The summed E-state index contributed by atoms with van der Waals surface area (Å²) in [5.74, 6) is -0.499. The van der Waals surface area contributed by atoms with Crippen LogP contribution in [0.15, 0.2) is 42.5 Å². The first-order valence-corrected chi connectivity index (χ1v) is 13.0. The van der Waals surface area contributed by atoms with Gasteiger partial charge in [0.25, 0.3) is 0 Å². The molecule has 2 amide bonds. The van der Waals surface area contributed by atoms with Crippen LogP contribution in [0.5, 0.6) is 0 Å². The van der Waals surface area contributed by atoms with E-state index < -0.39 is 16.1 Å². The van der Waals surface area contributed by atoms with Crippen LogP contribution in [0.25, 0.3) is 0 Å².